The molecule has 6 nitrogen and oxygen atoms in total. The summed E-state index contributed by atoms with van der Waals surface area (Å²) in [5, 5.41) is 16.8. The highest BCUT2D eigenvalue weighted by Gasteiger charge is 2.11. The van der Waals surface area contributed by atoms with Crippen molar-refractivity contribution < 1.29 is 5.11 Å². The Morgan fingerprint density at radius 1 is 1.29 bits per heavy atom. The molecule has 0 saturated carbocycles. The number of pyridine rings is 1. The summed E-state index contributed by atoms with van der Waals surface area (Å²) in [7, 11) is 3.98. The summed E-state index contributed by atoms with van der Waals surface area (Å²) in [6.07, 6.45) is 1.84. The van der Waals surface area contributed by atoms with Crippen LogP contribution in [-0.2, 0) is 13.1 Å². The summed E-state index contributed by atoms with van der Waals surface area (Å²) < 4.78 is 1.84. The van der Waals surface area contributed by atoms with Gasteiger partial charge in [0.2, 0.25) is 0 Å². The second kappa shape index (κ2) is 6.58. The molecule has 0 spiro atoms. The third-order valence-corrected chi connectivity index (χ3v) is 3.55. The average molecular weight is 289 g/mol. The number of aryl methyl sites for hydroxylation is 1. The van der Waals surface area contributed by atoms with Crippen LogP contribution in [0.3, 0.4) is 0 Å². The van der Waals surface area contributed by atoms with Gasteiger partial charge in [-0.15, -0.1) is 0 Å². The van der Waals surface area contributed by atoms with Crippen molar-refractivity contribution in [2.75, 3.05) is 30.9 Å². The molecule has 2 aromatic rings. The maximum Gasteiger partial charge on any atom is 0.126 e. The van der Waals surface area contributed by atoms with Gasteiger partial charge in [-0.2, -0.15) is 5.10 Å². The predicted octanol–water partition coefficient (Wildman–Crippen LogP) is 1.57. The van der Waals surface area contributed by atoms with Crippen LogP contribution in [0.4, 0.5) is 11.5 Å². The summed E-state index contributed by atoms with van der Waals surface area (Å²) in [5.41, 5.74) is 4.29. The van der Waals surface area contributed by atoms with Gasteiger partial charge in [-0.1, -0.05) is 0 Å². The lowest BCUT2D eigenvalue weighted by atomic mass is 10.2. The molecular formula is C15H23N5O. The summed E-state index contributed by atoms with van der Waals surface area (Å²) in [4.78, 5) is 6.42. The number of aliphatic hydroxyl groups is 1. The van der Waals surface area contributed by atoms with Crippen molar-refractivity contribution in [2.24, 2.45) is 0 Å². The number of aromatic nitrogens is 3. The summed E-state index contributed by atoms with van der Waals surface area (Å²) in [6.45, 7) is 5.32. The van der Waals surface area contributed by atoms with E-state index >= 15 is 0 Å². The van der Waals surface area contributed by atoms with Crippen LogP contribution in [0.1, 0.15) is 17.0 Å². The number of anilines is 2. The Bertz CT molecular complexity index is 589. The minimum absolute atomic E-state index is 0.0996. The first-order valence-electron chi connectivity index (χ1n) is 7.04. The largest absolute Gasteiger partial charge is 0.394 e. The third-order valence-electron chi connectivity index (χ3n) is 3.55. The number of hydrogen-bond donors (Lipinski definition) is 2. The minimum atomic E-state index is 0.0996. The van der Waals surface area contributed by atoms with E-state index in [2.05, 4.69) is 15.4 Å². The smallest absolute Gasteiger partial charge is 0.126 e. The summed E-state index contributed by atoms with van der Waals surface area (Å²) in [6, 6.07) is 4.00. The van der Waals surface area contributed by atoms with Gasteiger partial charge >= 0.3 is 0 Å². The van der Waals surface area contributed by atoms with Gasteiger partial charge < -0.3 is 15.3 Å². The van der Waals surface area contributed by atoms with E-state index in [1.54, 1.807) is 0 Å². The highest BCUT2D eigenvalue weighted by atomic mass is 16.3. The number of rotatable bonds is 6. The molecule has 0 aromatic carbocycles. The molecule has 21 heavy (non-hydrogen) atoms. The molecule has 0 radical (unpaired) electrons. The molecule has 0 aliphatic heterocycles. The Balaban J connectivity index is 2.06. The molecular weight excluding hydrogens is 266 g/mol. The Hall–Kier alpha value is -2.08. The molecule has 114 valence electrons. The van der Waals surface area contributed by atoms with Crippen molar-refractivity contribution >= 4 is 11.5 Å². The van der Waals surface area contributed by atoms with Crippen LogP contribution in [0.15, 0.2) is 18.3 Å². The van der Waals surface area contributed by atoms with Crippen molar-refractivity contribution in [1.82, 2.24) is 14.8 Å². The Morgan fingerprint density at radius 3 is 2.62 bits per heavy atom. The standard InChI is InChI=1S/C15H23N5O/c1-11-14(12(2)20(18-11)7-8-21)10-17-15-6-5-13(9-16-15)19(3)4/h5-6,9,21H,7-8,10H2,1-4H3,(H,16,17). The second-order valence-electron chi connectivity index (χ2n) is 5.25. The van der Waals surface area contributed by atoms with Crippen molar-refractivity contribution in [3.8, 4) is 0 Å². The fraction of sp³-hybridized carbons (Fsp3) is 0.467. The molecule has 2 heterocycles. The van der Waals surface area contributed by atoms with Gasteiger partial charge in [0.15, 0.2) is 0 Å². The van der Waals surface area contributed by atoms with Crippen LogP contribution in [0.5, 0.6) is 0 Å². The molecule has 0 bridgehead atoms. The fourth-order valence-electron chi connectivity index (χ4n) is 2.24. The summed E-state index contributed by atoms with van der Waals surface area (Å²) in [5.74, 6) is 0.842. The van der Waals surface area contributed by atoms with Crippen LogP contribution in [-0.4, -0.2) is 40.6 Å². The third kappa shape index (κ3) is 3.52. The highest BCUT2D eigenvalue weighted by Crippen LogP contribution is 2.16. The zero-order valence-electron chi connectivity index (χ0n) is 13.1. The molecule has 2 aromatic heterocycles. The second-order valence-corrected chi connectivity index (χ2v) is 5.25. The molecule has 0 fully saturated rings. The topological polar surface area (TPSA) is 66.2 Å². The zero-order chi connectivity index (χ0) is 15.4. The van der Waals surface area contributed by atoms with Crippen LogP contribution in [0, 0.1) is 13.8 Å². The molecule has 0 aliphatic rings. The van der Waals surface area contributed by atoms with Crippen molar-refractivity contribution in [2.45, 2.75) is 26.9 Å². The minimum Gasteiger partial charge on any atom is -0.394 e. The molecule has 0 amide bonds. The van der Waals surface area contributed by atoms with Gasteiger partial charge in [0.05, 0.1) is 30.7 Å². The number of aliphatic hydroxyl groups excluding tert-OH is 1. The van der Waals surface area contributed by atoms with Gasteiger partial charge in [0.25, 0.3) is 0 Å². The van der Waals surface area contributed by atoms with Gasteiger partial charge in [0, 0.05) is 31.9 Å². The fourth-order valence-corrected chi connectivity index (χ4v) is 2.24. The van der Waals surface area contributed by atoms with Crippen LogP contribution < -0.4 is 10.2 Å². The lowest BCUT2D eigenvalue weighted by molar-refractivity contribution is 0.268. The lowest BCUT2D eigenvalue weighted by Gasteiger charge is -2.12. The van der Waals surface area contributed by atoms with Gasteiger partial charge in [-0.25, -0.2) is 4.98 Å². The van der Waals surface area contributed by atoms with Crippen molar-refractivity contribution in [1.29, 1.82) is 0 Å². The van der Waals surface area contributed by atoms with E-state index in [9.17, 15) is 0 Å². The molecule has 0 unspecified atom stereocenters. The first-order valence-corrected chi connectivity index (χ1v) is 7.04. The lowest BCUT2D eigenvalue weighted by Crippen LogP contribution is -2.10. The van der Waals surface area contributed by atoms with Gasteiger partial charge in [-0.3, -0.25) is 4.68 Å². The molecule has 0 aliphatic carbocycles. The van der Waals surface area contributed by atoms with Gasteiger partial charge in [0.1, 0.15) is 5.82 Å². The normalized spacial score (nSPS) is 10.7. The molecule has 0 saturated heterocycles. The molecule has 6 heteroatoms. The van der Waals surface area contributed by atoms with E-state index in [0.29, 0.717) is 13.1 Å². The molecule has 2 N–H and O–H groups in total. The van der Waals surface area contributed by atoms with E-state index in [0.717, 1.165) is 28.5 Å². The predicted molar refractivity (Wildman–Crippen MR) is 84.7 cm³/mol. The quantitative estimate of drug-likeness (QED) is 0.845. The van der Waals surface area contributed by atoms with E-state index in [-0.39, 0.29) is 6.61 Å². The van der Waals surface area contributed by atoms with E-state index in [1.165, 1.54) is 0 Å². The molecule has 0 atom stereocenters. The van der Waals surface area contributed by atoms with Crippen molar-refractivity contribution in [3.63, 3.8) is 0 Å². The Labute approximate surface area is 125 Å². The van der Waals surface area contributed by atoms with E-state index in [1.807, 2.05) is 55.9 Å². The van der Waals surface area contributed by atoms with E-state index < -0.39 is 0 Å². The maximum absolute atomic E-state index is 9.03. The Kier molecular flexibility index (Phi) is 4.80. The van der Waals surface area contributed by atoms with Crippen LogP contribution in [0.25, 0.3) is 0 Å². The summed E-state index contributed by atoms with van der Waals surface area (Å²) >= 11 is 0. The van der Waals surface area contributed by atoms with E-state index in [4.69, 9.17) is 5.11 Å². The monoisotopic (exact) mass is 289 g/mol. The highest BCUT2D eigenvalue weighted by molar-refractivity contribution is 5.48. The van der Waals surface area contributed by atoms with Crippen LogP contribution in [0.2, 0.25) is 0 Å². The molecule has 2 rings (SSSR count). The first kappa shape index (κ1) is 15.3. The number of nitrogens with zero attached hydrogens (tertiary/aromatic N) is 4. The average Bonchev–Trinajstić information content (AvgIpc) is 2.72. The number of hydrogen-bond acceptors (Lipinski definition) is 5. The zero-order valence-corrected chi connectivity index (χ0v) is 13.1. The first-order chi connectivity index (χ1) is 10.0. The maximum atomic E-state index is 9.03. The SMILES string of the molecule is Cc1nn(CCO)c(C)c1CNc1ccc(N(C)C)cn1. The van der Waals surface area contributed by atoms with Gasteiger partial charge in [-0.05, 0) is 26.0 Å². The Morgan fingerprint density at radius 2 is 2.05 bits per heavy atom. The van der Waals surface area contributed by atoms with Crippen LogP contribution >= 0.6 is 0 Å². The number of nitrogens with one attached hydrogen (secondary N) is 1. The van der Waals surface area contributed by atoms with Crippen molar-refractivity contribution in [3.05, 3.63) is 35.3 Å².